The summed E-state index contributed by atoms with van der Waals surface area (Å²) in [4.78, 5) is 17.1. The van der Waals surface area contributed by atoms with Gasteiger partial charge in [0.15, 0.2) is 5.58 Å². The first-order valence-electron chi connectivity index (χ1n) is 9.22. The maximum Gasteiger partial charge on any atom is 0.248 e. The van der Waals surface area contributed by atoms with Crippen molar-refractivity contribution in [3.63, 3.8) is 0 Å². The van der Waals surface area contributed by atoms with Crippen LogP contribution in [0.3, 0.4) is 0 Å². The molecule has 0 atom stereocenters. The summed E-state index contributed by atoms with van der Waals surface area (Å²) < 4.78 is 15.0. The Morgan fingerprint density at radius 1 is 1.09 bits per heavy atom. The van der Waals surface area contributed by atoms with E-state index in [1.807, 2.05) is 30.3 Å². The molecule has 0 aliphatic heterocycles. The maximum absolute atomic E-state index is 12.5. The van der Waals surface area contributed by atoms with Crippen LogP contribution >= 0.6 is 70.4 Å². The normalized spacial score (nSPS) is 11.3. The molecule has 3 aromatic carbocycles. The summed E-state index contributed by atoms with van der Waals surface area (Å²) in [6.45, 7) is 0. The minimum absolute atomic E-state index is 0.272. The lowest BCUT2D eigenvalue weighted by Crippen LogP contribution is -2.07. The number of carbonyl (C=O) groups is 1. The number of nitrogens with one attached hydrogen (secondary N) is 1. The lowest BCUT2D eigenvalue weighted by Gasteiger charge is -2.08. The number of halogens is 4. The topological polar surface area (TPSA) is 64.4 Å². The molecule has 1 heterocycles. The van der Waals surface area contributed by atoms with Gasteiger partial charge in [0.05, 0.1) is 17.1 Å². The molecule has 1 aromatic heterocycles. The molecule has 32 heavy (non-hydrogen) atoms. The second kappa shape index (κ2) is 10.1. The fourth-order valence-corrected chi connectivity index (χ4v) is 5.38. The van der Waals surface area contributed by atoms with Crippen molar-refractivity contribution < 1.29 is 13.9 Å². The zero-order valence-electron chi connectivity index (χ0n) is 16.5. The van der Waals surface area contributed by atoms with Gasteiger partial charge < -0.3 is 14.5 Å². The highest BCUT2D eigenvalue weighted by atomic mass is 127. The summed E-state index contributed by atoms with van der Waals surface area (Å²) in [6, 6.07) is 15.1. The van der Waals surface area contributed by atoms with E-state index < -0.39 is 0 Å². The molecular formula is C23H14Br3IN2O3. The van der Waals surface area contributed by atoms with Crippen molar-refractivity contribution in [1.29, 1.82) is 0 Å². The van der Waals surface area contributed by atoms with E-state index in [4.69, 9.17) is 9.15 Å². The van der Waals surface area contributed by atoms with Gasteiger partial charge in [-0.3, -0.25) is 4.79 Å². The van der Waals surface area contributed by atoms with Crippen molar-refractivity contribution in [3.05, 3.63) is 77.2 Å². The second-order valence-electron chi connectivity index (χ2n) is 6.66. The number of oxazole rings is 1. The lowest BCUT2D eigenvalue weighted by molar-refractivity contribution is -0.111. The molecule has 0 unspecified atom stereocenters. The highest BCUT2D eigenvalue weighted by molar-refractivity contribution is 14.1. The van der Waals surface area contributed by atoms with Crippen molar-refractivity contribution in [2.24, 2.45) is 0 Å². The Bertz CT molecular complexity index is 1370. The van der Waals surface area contributed by atoms with Gasteiger partial charge in [0.1, 0.15) is 11.3 Å². The molecule has 1 N–H and O–H groups in total. The number of ether oxygens (including phenoxy) is 1. The number of hydrogen-bond acceptors (Lipinski definition) is 4. The van der Waals surface area contributed by atoms with Crippen LogP contribution in [-0.4, -0.2) is 18.0 Å². The number of nitrogens with zero attached hydrogens (tertiary/aromatic N) is 1. The number of amides is 1. The third kappa shape index (κ3) is 5.27. The number of carbonyl (C=O) groups excluding carboxylic acids is 1. The van der Waals surface area contributed by atoms with Gasteiger partial charge in [-0.2, -0.15) is 0 Å². The van der Waals surface area contributed by atoms with Crippen molar-refractivity contribution in [2.45, 2.75) is 0 Å². The van der Waals surface area contributed by atoms with Crippen LogP contribution < -0.4 is 10.1 Å². The maximum atomic E-state index is 12.5. The van der Waals surface area contributed by atoms with Crippen molar-refractivity contribution >= 4 is 99.2 Å². The summed E-state index contributed by atoms with van der Waals surface area (Å²) in [5.74, 6) is 0.892. The first-order chi connectivity index (χ1) is 15.3. The van der Waals surface area contributed by atoms with Gasteiger partial charge in [-0.1, -0.05) is 15.9 Å². The SMILES string of the molecule is COc1c(Br)cc(Br)cc1/C=C/C(=O)Nc1ccc2oc(-c3cc(I)ccc3Br)nc2c1. The van der Waals surface area contributed by atoms with E-state index in [2.05, 4.69) is 80.7 Å². The molecule has 0 aliphatic rings. The predicted molar refractivity (Wildman–Crippen MR) is 146 cm³/mol. The molecule has 0 bridgehead atoms. The van der Waals surface area contributed by atoms with Crippen LogP contribution in [0.2, 0.25) is 0 Å². The molecule has 0 fully saturated rings. The summed E-state index contributed by atoms with van der Waals surface area (Å²) >= 11 is 12.7. The number of rotatable bonds is 5. The molecule has 0 aliphatic carbocycles. The zero-order chi connectivity index (χ0) is 22.8. The summed E-state index contributed by atoms with van der Waals surface area (Å²) in [5, 5.41) is 2.86. The van der Waals surface area contributed by atoms with Crippen molar-refractivity contribution in [3.8, 4) is 17.2 Å². The molecule has 4 aromatic rings. The van der Waals surface area contributed by atoms with Crippen molar-refractivity contribution in [2.75, 3.05) is 12.4 Å². The molecular weight excluding hydrogens is 719 g/mol. The van der Waals surface area contributed by atoms with Gasteiger partial charge in [-0.25, -0.2) is 4.98 Å². The molecule has 0 spiro atoms. The van der Waals surface area contributed by atoms with Gasteiger partial charge >= 0.3 is 0 Å². The molecule has 1 amide bonds. The quantitative estimate of drug-likeness (QED) is 0.167. The summed E-state index contributed by atoms with van der Waals surface area (Å²) in [6.07, 6.45) is 3.16. The first kappa shape index (κ1) is 23.5. The van der Waals surface area contributed by atoms with E-state index in [0.717, 1.165) is 28.1 Å². The average Bonchev–Trinajstić information content (AvgIpc) is 3.17. The van der Waals surface area contributed by atoms with E-state index in [1.54, 1.807) is 31.4 Å². The smallest absolute Gasteiger partial charge is 0.248 e. The van der Waals surface area contributed by atoms with Crippen LogP contribution in [0.25, 0.3) is 28.6 Å². The predicted octanol–water partition coefficient (Wildman–Crippen LogP) is 8.05. The van der Waals surface area contributed by atoms with Crippen LogP contribution in [0.5, 0.6) is 5.75 Å². The standard InChI is InChI=1S/C23H14Br3IN2O3/c1-31-22-12(8-13(24)9-18(22)26)2-7-21(30)28-15-4-6-20-19(11-15)29-23(32-20)16-10-14(27)3-5-17(16)25/h2-11H,1H3,(H,28,30)/b7-2+. The summed E-state index contributed by atoms with van der Waals surface area (Å²) in [7, 11) is 1.58. The Morgan fingerprint density at radius 3 is 2.69 bits per heavy atom. The lowest BCUT2D eigenvalue weighted by atomic mass is 10.2. The van der Waals surface area contributed by atoms with Gasteiger partial charge in [0.2, 0.25) is 11.8 Å². The van der Waals surface area contributed by atoms with Crippen molar-refractivity contribution in [1.82, 2.24) is 4.98 Å². The number of hydrogen-bond donors (Lipinski definition) is 1. The zero-order valence-corrected chi connectivity index (χ0v) is 23.4. The Labute approximate surface area is 223 Å². The largest absolute Gasteiger partial charge is 0.495 e. The number of anilines is 1. The number of aromatic nitrogens is 1. The number of fused-ring (bicyclic) bond motifs is 1. The van der Waals surface area contributed by atoms with Crippen LogP contribution in [0.4, 0.5) is 5.69 Å². The van der Waals surface area contributed by atoms with Gasteiger partial charge in [-0.15, -0.1) is 0 Å². The van der Waals surface area contributed by atoms with Gasteiger partial charge in [-0.05, 0) is 109 Å². The molecule has 0 radical (unpaired) electrons. The van der Waals surface area contributed by atoms with E-state index in [9.17, 15) is 4.79 Å². The van der Waals surface area contributed by atoms with E-state index in [0.29, 0.717) is 28.4 Å². The Kier molecular flexibility index (Phi) is 7.38. The highest BCUT2D eigenvalue weighted by Crippen LogP contribution is 2.34. The average molecular weight is 733 g/mol. The highest BCUT2D eigenvalue weighted by Gasteiger charge is 2.13. The fraction of sp³-hybridized carbons (Fsp3) is 0.0435. The van der Waals surface area contributed by atoms with Crippen LogP contribution in [0, 0.1) is 3.57 Å². The minimum atomic E-state index is -0.272. The molecule has 5 nitrogen and oxygen atoms in total. The summed E-state index contributed by atoms with van der Waals surface area (Å²) in [5.41, 5.74) is 3.56. The van der Waals surface area contributed by atoms with Crippen LogP contribution in [0.1, 0.15) is 5.56 Å². The monoisotopic (exact) mass is 730 g/mol. The molecule has 0 saturated heterocycles. The van der Waals surface area contributed by atoms with E-state index in [-0.39, 0.29) is 5.91 Å². The van der Waals surface area contributed by atoms with Crippen LogP contribution in [-0.2, 0) is 4.79 Å². The molecule has 4 rings (SSSR count). The first-order valence-corrected chi connectivity index (χ1v) is 12.7. The number of benzene rings is 3. The minimum Gasteiger partial charge on any atom is -0.495 e. The number of methoxy groups -OCH3 is 1. The van der Waals surface area contributed by atoms with Gasteiger partial charge in [0, 0.05) is 29.8 Å². The molecule has 9 heteroatoms. The third-order valence-corrected chi connectivity index (χ3v) is 6.88. The Balaban J connectivity index is 1.55. The second-order valence-corrected chi connectivity index (χ2v) is 10.5. The Hall–Kier alpha value is -1.69. The van der Waals surface area contributed by atoms with E-state index >= 15 is 0 Å². The molecule has 162 valence electrons. The third-order valence-electron chi connectivity index (χ3n) is 4.47. The fourth-order valence-electron chi connectivity index (χ4n) is 3.05. The molecule has 0 saturated carbocycles. The Morgan fingerprint density at radius 2 is 1.91 bits per heavy atom. The van der Waals surface area contributed by atoms with Gasteiger partial charge in [0.25, 0.3) is 0 Å². The van der Waals surface area contributed by atoms with E-state index in [1.165, 1.54) is 6.08 Å². The van der Waals surface area contributed by atoms with Crippen LogP contribution in [0.15, 0.2) is 72.4 Å².